The standard InChI is InChI=1S/C18H29N3O2/c1-5-11-19-16-10-9-14(13-20-16)15-8-6-7-12-21(15)17(22)23-18(2,3)4/h9-10,13,15H,5-8,11-12H2,1-4H3,(H,19,20)/t15-/m1/s1. The summed E-state index contributed by atoms with van der Waals surface area (Å²) in [6, 6.07) is 4.12. The Kier molecular flexibility index (Phi) is 5.85. The van der Waals surface area contributed by atoms with Gasteiger partial charge in [0.2, 0.25) is 0 Å². The smallest absolute Gasteiger partial charge is 0.410 e. The van der Waals surface area contributed by atoms with Crippen LogP contribution in [0, 0.1) is 0 Å². The largest absolute Gasteiger partial charge is 0.444 e. The van der Waals surface area contributed by atoms with Crippen LogP contribution in [0.15, 0.2) is 18.3 Å². The second-order valence-corrected chi connectivity index (χ2v) is 7.09. The zero-order chi connectivity index (χ0) is 16.9. The van der Waals surface area contributed by atoms with Crippen molar-refractivity contribution in [2.75, 3.05) is 18.4 Å². The van der Waals surface area contributed by atoms with Crippen molar-refractivity contribution in [2.45, 2.75) is 65.0 Å². The number of rotatable bonds is 4. The van der Waals surface area contributed by atoms with Gasteiger partial charge in [-0.05, 0) is 58.1 Å². The van der Waals surface area contributed by atoms with Gasteiger partial charge in [-0.25, -0.2) is 9.78 Å². The van der Waals surface area contributed by atoms with E-state index < -0.39 is 5.60 Å². The maximum absolute atomic E-state index is 12.5. The van der Waals surface area contributed by atoms with Crippen LogP contribution >= 0.6 is 0 Å². The lowest BCUT2D eigenvalue weighted by Gasteiger charge is -2.36. The van der Waals surface area contributed by atoms with Gasteiger partial charge < -0.3 is 15.0 Å². The number of nitrogens with one attached hydrogen (secondary N) is 1. The van der Waals surface area contributed by atoms with Crippen molar-refractivity contribution in [3.05, 3.63) is 23.9 Å². The van der Waals surface area contributed by atoms with Gasteiger partial charge in [0.15, 0.2) is 0 Å². The summed E-state index contributed by atoms with van der Waals surface area (Å²) in [4.78, 5) is 18.8. The maximum Gasteiger partial charge on any atom is 0.410 e. The number of likely N-dealkylation sites (tertiary alicyclic amines) is 1. The van der Waals surface area contributed by atoms with Crippen LogP contribution in [0.5, 0.6) is 0 Å². The van der Waals surface area contributed by atoms with Gasteiger partial charge in [0.1, 0.15) is 11.4 Å². The highest BCUT2D eigenvalue weighted by molar-refractivity contribution is 5.69. The molecule has 0 saturated carbocycles. The molecule has 1 N–H and O–H groups in total. The molecule has 23 heavy (non-hydrogen) atoms. The summed E-state index contributed by atoms with van der Waals surface area (Å²) in [5.74, 6) is 0.884. The van der Waals surface area contributed by atoms with Crippen molar-refractivity contribution in [3.8, 4) is 0 Å². The topological polar surface area (TPSA) is 54.5 Å². The average Bonchev–Trinajstić information content (AvgIpc) is 2.52. The first kappa shape index (κ1) is 17.6. The quantitative estimate of drug-likeness (QED) is 0.895. The normalized spacial score (nSPS) is 18.6. The Morgan fingerprint density at radius 3 is 2.78 bits per heavy atom. The fourth-order valence-electron chi connectivity index (χ4n) is 2.78. The van der Waals surface area contributed by atoms with Crippen molar-refractivity contribution < 1.29 is 9.53 Å². The lowest BCUT2D eigenvalue weighted by Crippen LogP contribution is -2.41. The second-order valence-electron chi connectivity index (χ2n) is 7.09. The van der Waals surface area contributed by atoms with E-state index in [1.807, 2.05) is 37.9 Å². The van der Waals surface area contributed by atoms with Gasteiger partial charge >= 0.3 is 6.09 Å². The van der Waals surface area contributed by atoms with Crippen LogP contribution < -0.4 is 5.32 Å². The Balaban J connectivity index is 2.09. The summed E-state index contributed by atoms with van der Waals surface area (Å²) < 4.78 is 5.56. The molecule has 1 amide bonds. The fourth-order valence-corrected chi connectivity index (χ4v) is 2.78. The number of hydrogen-bond acceptors (Lipinski definition) is 4. The first-order valence-corrected chi connectivity index (χ1v) is 8.60. The molecule has 1 aliphatic heterocycles. The molecule has 1 aromatic heterocycles. The maximum atomic E-state index is 12.5. The highest BCUT2D eigenvalue weighted by Crippen LogP contribution is 2.32. The summed E-state index contributed by atoms with van der Waals surface area (Å²) in [6.07, 6.45) is 5.83. The molecule has 0 unspecified atom stereocenters. The van der Waals surface area contributed by atoms with Crippen LogP contribution in [0.1, 0.15) is 65.0 Å². The lowest BCUT2D eigenvalue weighted by molar-refractivity contribution is 0.00948. The Morgan fingerprint density at radius 2 is 2.17 bits per heavy atom. The van der Waals surface area contributed by atoms with Crippen LogP contribution in [0.3, 0.4) is 0 Å². The zero-order valence-corrected chi connectivity index (χ0v) is 14.8. The van der Waals surface area contributed by atoms with E-state index in [9.17, 15) is 4.79 Å². The molecule has 128 valence electrons. The Bertz CT molecular complexity index is 508. The predicted molar refractivity (Wildman–Crippen MR) is 92.5 cm³/mol. The number of nitrogens with zero attached hydrogens (tertiary/aromatic N) is 2. The lowest BCUT2D eigenvalue weighted by atomic mass is 9.97. The minimum Gasteiger partial charge on any atom is -0.444 e. The highest BCUT2D eigenvalue weighted by atomic mass is 16.6. The number of amides is 1. The van der Waals surface area contributed by atoms with Gasteiger partial charge in [0.25, 0.3) is 0 Å². The number of aromatic nitrogens is 1. The van der Waals surface area contributed by atoms with Gasteiger partial charge in [-0.15, -0.1) is 0 Å². The van der Waals surface area contributed by atoms with E-state index in [0.29, 0.717) is 0 Å². The first-order valence-electron chi connectivity index (χ1n) is 8.60. The minimum atomic E-state index is -0.467. The average molecular weight is 319 g/mol. The van der Waals surface area contributed by atoms with E-state index in [1.165, 1.54) is 0 Å². The van der Waals surface area contributed by atoms with E-state index >= 15 is 0 Å². The second kappa shape index (κ2) is 7.66. The zero-order valence-electron chi connectivity index (χ0n) is 14.8. The number of anilines is 1. The summed E-state index contributed by atoms with van der Waals surface area (Å²) in [5.41, 5.74) is 0.614. The number of ether oxygens (including phenoxy) is 1. The third-order valence-electron chi connectivity index (χ3n) is 3.86. The van der Waals surface area contributed by atoms with Crippen molar-refractivity contribution in [1.29, 1.82) is 0 Å². The summed E-state index contributed by atoms with van der Waals surface area (Å²) >= 11 is 0. The predicted octanol–water partition coefficient (Wildman–Crippen LogP) is 4.37. The van der Waals surface area contributed by atoms with Crippen LogP contribution in [-0.4, -0.2) is 34.7 Å². The molecule has 1 fully saturated rings. The Labute approximate surface area is 139 Å². The molecule has 0 aromatic carbocycles. The third kappa shape index (κ3) is 5.12. The monoisotopic (exact) mass is 319 g/mol. The van der Waals surface area contributed by atoms with Crippen LogP contribution in [0.4, 0.5) is 10.6 Å². The highest BCUT2D eigenvalue weighted by Gasteiger charge is 2.31. The van der Waals surface area contributed by atoms with E-state index in [4.69, 9.17) is 4.74 Å². The third-order valence-corrected chi connectivity index (χ3v) is 3.86. The fraction of sp³-hybridized carbons (Fsp3) is 0.667. The van der Waals surface area contributed by atoms with E-state index in [0.717, 1.165) is 50.2 Å². The van der Waals surface area contributed by atoms with Gasteiger partial charge in [-0.2, -0.15) is 0 Å². The van der Waals surface area contributed by atoms with Gasteiger partial charge in [0, 0.05) is 19.3 Å². The van der Waals surface area contributed by atoms with Crippen molar-refractivity contribution in [2.24, 2.45) is 0 Å². The summed E-state index contributed by atoms with van der Waals surface area (Å²) in [7, 11) is 0. The molecule has 1 aliphatic rings. The van der Waals surface area contributed by atoms with Crippen LogP contribution in [0.25, 0.3) is 0 Å². The molecule has 1 aromatic rings. The van der Waals surface area contributed by atoms with E-state index in [2.05, 4.69) is 23.3 Å². The number of carbonyl (C=O) groups excluding carboxylic acids is 1. The number of pyridine rings is 1. The molecule has 1 saturated heterocycles. The summed E-state index contributed by atoms with van der Waals surface area (Å²) in [5, 5.41) is 3.27. The van der Waals surface area contributed by atoms with Crippen molar-refractivity contribution >= 4 is 11.9 Å². The SMILES string of the molecule is CCCNc1ccc([C@H]2CCCCN2C(=O)OC(C)(C)C)cn1. The molecule has 0 radical (unpaired) electrons. The number of carbonyl (C=O) groups is 1. The number of hydrogen-bond donors (Lipinski definition) is 1. The Morgan fingerprint density at radius 1 is 1.39 bits per heavy atom. The molecule has 0 bridgehead atoms. The molecule has 5 heteroatoms. The Hall–Kier alpha value is -1.78. The van der Waals surface area contributed by atoms with Crippen molar-refractivity contribution in [1.82, 2.24) is 9.88 Å². The van der Waals surface area contributed by atoms with E-state index in [1.54, 1.807) is 0 Å². The van der Waals surface area contributed by atoms with E-state index in [-0.39, 0.29) is 12.1 Å². The van der Waals surface area contributed by atoms with Crippen LogP contribution in [0.2, 0.25) is 0 Å². The molecule has 2 heterocycles. The van der Waals surface area contributed by atoms with Gasteiger partial charge in [-0.1, -0.05) is 13.0 Å². The minimum absolute atomic E-state index is 0.0614. The summed E-state index contributed by atoms with van der Waals surface area (Å²) in [6.45, 7) is 9.50. The molecule has 1 atom stereocenters. The molecule has 0 aliphatic carbocycles. The molecular weight excluding hydrogens is 290 g/mol. The van der Waals surface area contributed by atoms with Crippen LogP contribution in [-0.2, 0) is 4.74 Å². The van der Waals surface area contributed by atoms with Gasteiger partial charge in [0.05, 0.1) is 6.04 Å². The molecule has 2 rings (SSSR count). The molecular formula is C18H29N3O2. The van der Waals surface area contributed by atoms with Gasteiger partial charge in [-0.3, -0.25) is 0 Å². The number of piperidine rings is 1. The van der Waals surface area contributed by atoms with Crippen molar-refractivity contribution in [3.63, 3.8) is 0 Å². The molecule has 0 spiro atoms. The first-order chi connectivity index (χ1) is 10.9. The molecule has 5 nitrogen and oxygen atoms in total.